The fourth-order valence-electron chi connectivity index (χ4n) is 1.70. The van der Waals surface area contributed by atoms with Crippen molar-refractivity contribution in [2.75, 3.05) is 13.7 Å². The molecule has 110 valence electrons. The molecule has 20 heavy (non-hydrogen) atoms. The Morgan fingerprint density at radius 1 is 1.55 bits per heavy atom. The van der Waals surface area contributed by atoms with Crippen molar-refractivity contribution in [2.45, 2.75) is 24.6 Å². The highest BCUT2D eigenvalue weighted by atomic mass is 79.9. The summed E-state index contributed by atoms with van der Waals surface area (Å²) in [6.45, 7) is 2.56. The summed E-state index contributed by atoms with van der Waals surface area (Å²) in [6, 6.07) is 3.93. The van der Waals surface area contributed by atoms with E-state index in [1.54, 1.807) is 0 Å². The number of nitrogens with zero attached hydrogens (tertiary/aromatic N) is 1. The average molecular weight is 345 g/mol. The SMILES string of the molecule is CCCC(Br)CNC(=O)c1ccc([N+](=O)[O-])cc1OC. The van der Waals surface area contributed by atoms with Gasteiger partial charge in [0.15, 0.2) is 0 Å². The van der Waals surface area contributed by atoms with Gasteiger partial charge in [-0.1, -0.05) is 29.3 Å². The molecular weight excluding hydrogens is 328 g/mol. The minimum absolute atomic E-state index is 0.109. The Morgan fingerprint density at radius 2 is 2.25 bits per heavy atom. The molecule has 1 amide bonds. The first-order valence-electron chi connectivity index (χ1n) is 6.24. The van der Waals surface area contributed by atoms with Crippen LogP contribution >= 0.6 is 15.9 Å². The Labute approximate surface area is 125 Å². The maximum Gasteiger partial charge on any atom is 0.273 e. The van der Waals surface area contributed by atoms with Gasteiger partial charge in [0.1, 0.15) is 5.75 Å². The zero-order chi connectivity index (χ0) is 15.1. The molecule has 0 saturated carbocycles. The van der Waals surface area contributed by atoms with E-state index in [1.807, 2.05) is 0 Å². The van der Waals surface area contributed by atoms with Crippen LogP contribution in [0.5, 0.6) is 5.75 Å². The summed E-state index contributed by atoms with van der Waals surface area (Å²) in [4.78, 5) is 22.4. The van der Waals surface area contributed by atoms with Crippen molar-refractivity contribution in [1.29, 1.82) is 0 Å². The zero-order valence-corrected chi connectivity index (χ0v) is 13.0. The third-order valence-electron chi connectivity index (χ3n) is 2.73. The largest absolute Gasteiger partial charge is 0.496 e. The first-order valence-corrected chi connectivity index (χ1v) is 7.15. The number of benzene rings is 1. The van der Waals surface area contributed by atoms with Crippen LogP contribution in [0.4, 0.5) is 5.69 Å². The molecule has 0 aliphatic rings. The molecule has 0 aliphatic heterocycles. The lowest BCUT2D eigenvalue weighted by atomic mass is 10.1. The molecule has 0 radical (unpaired) electrons. The molecule has 6 nitrogen and oxygen atoms in total. The molecule has 1 aromatic rings. The van der Waals surface area contributed by atoms with Crippen LogP contribution in [-0.4, -0.2) is 29.3 Å². The summed E-state index contributed by atoms with van der Waals surface area (Å²) >= 11 is 3.47. The number of carbonyl (C=O) groups is 1. The maximum atomic E-state index is 12.0. The molecule has 1 aromatic carbocycles. The average Bonchev–Trinajstić information content (AvgIpc) is 2.44. The van der Waals surface area contributed by atoms with Crippen LogP contribution in [0, 0.1) is 10.1 Å². The minimum atomic E-state index is -0.528. The van der Waals surface area contributed by atoms with Gasteiger partial charge in [-0.05, 0) is 12.5 Å². The van der Waals surface area contributed by atoms with Crippen molar-refractivity contribution in [3.05, 3.63) is 33.9 Å². The smallest absolute Gasteiger partial charge is 0.273 e. The molecule has 0 aromatic heterocycles. The first kappa shape index (κ1) is 16.4. The fraction of sp³-hybridized carbons (Fsp3) is 0.462. The van der Waals surface area contributed by atoms with E-state index in [-0.39, 0.29) is 27.7 Å². The number of nitrogens with one attached hydrogen (secondary N) is 1. The zero-order valence-electron chi connectivity index (χ0n) is 11.4. The van der Waals surface area contributed by atoms with Crippen molar-refractivity contribution in [3.8, 4) is 5.75 Å². The van der Waals surface area contributed by atoms with E-state index in [2.05, 4.69) is 28.2 Å². The van der Waals surface area contributed by atoms with Gasteiger partial charge in [-0.15, -0.1) is 0 Å². The van der Waals surface area contributed by atoms with Gasteiger partial charge in [-0.3, -0.25) is 14.9 Å². The highest BCUT2D eigenvalue weighted by Gasteiger charge is 2.17. The number of carbonyl (C=O) groups excluding carboxylic acids is 1. The molecule has 1 N–H and O–H groups in total. The topological polar surface area (TPSA) is 81.5 Å². The summed E-state index contributed by atoms with van der Waals surface area (Å²) in [6.07, 6.45) is 1.98. The molecule has 7 heteroatoms. The summed E-state index contributed by atoms with van der Waals surface area (Å²) in [5, 5.41) is 13.5. The number of non-ortho nitro benzene ring substituents is 1. The van der Waals surface area contributed by atoms with E-state index in [0.29, 0.717) is 6.54 Å². The lowest BCUT2D eigenvalue weighted by Gasteiger charge is -2.12. The van der Waals surface area contributed by atoms with Gasteiger partial charge in [-0.2, -0.15) is 0 Å². The van der Waals surface area contributed by atoms with Crippen molar-refractivity contribution < 1.29 is 14.5 Å². The highest BCUT2D eigenvalue weighted by molar-refractivity contribution is 9.09. The van der Waals surface area contributed by atoms with Gasteiger partial charge < -0.3 is 10.1 Å². The van der Waals surface area contributed by atoms with E-state index < -0.39 is 4.92 Å². The number of nitro benzene ring substituents is 1. The van der Waals surface area contributed by atoms with Gasteiger partial charge in [0.05, 0.1) is 23.7 Å². The highest BCUT2D eigenvalue weighted by Crippen LogP contribution is 2.24. The molecule has 1 rings (SSSR count). The molecular formula is C13H17BrN2O4. The number of hydrogen-bond acceptors (Lipinski definition) is 4. The van der Waals surface area contributed by atoms with Gasteiger partial charge in [-0.25, -0.2) is 0 Å². The predicted molar refractivity (Wildman–Crippen MR) is 79.6 cm³/mol. The van der Waals surface area contributed by atoms with Crippen LogP contribution < -0.4 is 10.1 Å². The van der Waals surface area contributed by atoms with Gasteiger partial charge in [0.25, 0.3) is 11.6 Å². The van der Waals surface area contributed by atoms with E-state index in [0.717, 1.165) is 12.8 Å². The minimum Gasteiger partial charge on any atom is -0.496 e. The first-order chi connectivity index (χ1) is 9.49. The van der Waals surface area contributed by atoms with Crippen molar-refractivity contribution in [2.24, 2.45) is 0 Å². The second kappa shape index (κ2) is 7.84. The fourth-order valence-corrected chi connectivity index (χ4v) is 2.31. The Kier molecular flexibility index (Phi) is 6.44. The van der Waals surface area contributed by atoms with Gasteiger partial charge in [0, 0.05) is 17.4 Å². The number of methoxy groups -OCH3 is 1. The number of rotatable bonds is 7. The standard InChI is InChI=1S/C13H17BrN2O4/c1-3-4-9(14)8-15-13(17)11-6-5-10(16(18)19)7-12(11)20-2/h5-7,9H,3-4,8H2,1-2H3,(H,15,17). The van der Waals surface area contributed by atoms with Crippen LogP contribution in [0.3, 0.4) is 0 Å². The van der Waals surface area contributed by atoms with E-state index >= 15 is 0 Å². The van der Waals surface area contributed by atoms with Gasteiger partial charge in [0.2, 0.25) is 0 Å². The van der Waals surface area contributed by atoms with E-state index in [1.165, 1.54) is 25.3 Å². The van der Waals surface area contributed by atoms with E-state index in [9.17, 15) is 14.9 Å². The molecule has 0 spiro atoms. The Bertz CT molecular complexity index is 493. The Hall–Kier alpha value is -1.63. The van der Waals surface area contributed by atoms with Gasteiger partial charge >= 0.3 is 0 Å². The summed E-state index contributed by atoms with van der Waals surface area (Å²) in [5.74, 6) is -0.115. The Morgan fingerprint density at radius 3 is 2.80 bits per heavy atom. The maximum absolute atomic E-state index is 12.0. The normalized spacial score (nSPS) is 11.8. The summed E-state index contributed by atoms with van der Waals surface area (Å²) in [7, 11) is 1.38. The van der Waals surface area contributed by atoms with Crippen molar-refractivity contribution >= 4 is 27.5 Å². The van der Waals surface area contributed by atoms with E-state index in [4.69, 9.17) is 4.74 Å². The lowest BCUT2D eigenvalue weighted by Crippen LogP contribution is -2.29. The number of amides is 1. The quantitative estimate of drug-likeness (QED) is 0.468. The van der Waals surface area contributed by atoms with Crippen molar-refractivity contribution in [1.82, 2.24) is 5.32 Å². The van der Waals surface area contributed by atoms with Crippen LogP contribution in [-0.2, 0) is 0 Å². The molecule has 0 heterocycles. The predicted octanol–water partition coefficient (Wildman–Crippen LogP) is 2.90. The molecule has 0 aliphatic carbocycles. The number of alkyl halides is 1. The second-order valence-electron chi connectivity index (χ2n) is 4.24. The summed E-state index contributed by atoms with van der Waals surface area (Å²) in [5.41, 5.74) is 0.178. The number of hydrogen-bond donors (Lipinski definition) is 1. The molecule has 0 saturated heterocycles. The van der Waals surface area contributed by atoms with Crippen LogP contribution in [0.1, 0.15) is 30.1 Å². The number of nitro groups is 1. The van der Waals surface area contributed by atoms with Crippen molar-refractivity contribution in [3.63, 3.8) is 0 Å². The number of ether oxygens (including phenoxy) is 1. The molecule has 1 atom stereocenters. The molecule has 0 fully saturated rings. The van der Waals surface area contributed by atoms with Crippen LogP contribution in [0.2, 0.25) is 0 Å². The number of halogens is 1. The molecule has 1 unspecified atom stereocenters. The van der Waals surface area contributed by atoms with Crippen LogP contribution in [0.25, 0.3) is 0 Å². The van der Waals surface area contributed by atoms with Crippen LogP contribution in [0.15, 0.2) is 18.2 Å². The lowest BCUT2D eigenvalue weighted by molar-refractivity contribution is -0.384. The second-order valence-corrected chi connectivity index (χ2v) is 5.53. The third-order valence-corrected chi connectivity index (χ3v) is 3.51. The summed E-state index contributed by atoms with van der Waals surface area (Å²) < 4.78 is 5.03. The molecule has 0 bridgehead atoms. The third kappa shape index (κ3) is 4.48. The Balaban J connectivity index is 2.79. The monoisotopic (exact) mass is 344 g/mol.